The minimum atomic E-state index is -2.94. The number of hydrogen-bond donors (Lipinski definition) is 1. The lowest BCUT2D eigenvalue weighted by Gasteiger charge is -2.16. The molecule has 2 unspecified atom stereocenters. The molecule has 0 saturated carbocycles. The van der Waals surface area contributed by atoms with Crippen LogP contribution < -0.4 is 5.73 Å². The van der Waals surface area contributed by atoms with Crippen LogP contribution in [0.2, 0.25) is 5.02 Å². The molecule has 0 bridgehead atoms. The number of rotatable bonds is 2. The van der Waals surface area contributed by atoms with Gasteiger partial charge in [-0.3, -0.25) is 0 Å². The van der Waals surface area contributed by atoms with E-state index >= 15 is 0 Å². The summed E-state index contributed by atoms with van der Waals surface area (Å²) in [5.74, 6) is 0.396. The molecule has 88 valence electrons. The Morgan fingerprint density at radius 1 is 1.38 bits per heavy atom. The summed E-state index contributed by atoms with van der Waals surface area (Å²) in [7, 11) is -2.94. The molecule has 3 nitrogen and oxygen atoms in total. The highest BCUT2D eigenvalue weighted by atomic mass is 35.5. The van der Waals surface area contributed by atoms with Crippen LogP contribution in [0.4, 0.5) is 0 Å². The van der Waals surface area contributed by atoms with Gasteiger partial charge in [-0.1, -0.05) is 23.7 Å². The van der Waals surface area contributed by atoms with Crippen LogP contribution in [0.25, 0.3) is 0 Å². The average molecular weight is 260 g/mol. The average Bonchev–Trinajstić information content (AvgIpc) is 2.54. The van der Waals surface area contributed by atoms with Gasteiger partial charge in [-0.25, -0.2) is 8.42 Å². The van der Waals surface area contributed by atoms with E-state index in [9.17, 15) is 8.42 Å². The van der Waals surface area contributed by atoms with E-state index in [0.717, 1.165) is 5.56 Å². The topological polar surface area (TPSA) is 60.2 Å². The van der Waals surface area contributed by atoms with Gasteiger partial charge in [0.15, 0.2) is 9.84 Å². The Hall–Kier alpha value is -0.580. The maximum absolute atomic E-state index is 11.6. The molecule has 0 aromatic heterocycles. The third-order valence-electron chi connectivity index (χ3n) is 3.05. The van der Waals surface area contributed by atoms with E-state index in [1.54, 1.807) is 6.07 Å². The van der Waals surface area contributed by atoms with Gasteiger partial charge in [-0.05, 0) is 30.2 Å². The fourth-order valence-electron chi connectivity index (χ4n) is 2.26. The quantitative estimate of drug-likeness (QED) is 0.874. The highest BCUT2D eigenvalue weighted by molar-refractivity contribution is 7.91. The summed E-state index contributed by atoms with van der Waals surface area (Å²) in [4.78, 5) is 0. The Morgan fingerprint density at radius 3 is 2.75 bits per heavy atom. The molecule has 0 aliphatic carbocycles. The van der Waals surface area contributed by atoms with Crippen LogP contribution in [0.15, 0.2) is 24.3 Å². The molecule has 1 heterocycles. The minimum absolute atomic E-state index is 0.00583. The van der Waals surface area contributed by atoms with Crippen LogP contribution in [0.3, 0.4) is 0 Å². The van der Waals surface area contributed by atoms with Crippen molar-refractivity contribution in [2.24, 2.45) is 11.7 Å². The highest BCUT2D eigenvalue weighted by Crippen LogP contribution is 2.34. The zero-order valence-electron chi connectivity index (χ0n) is 8.77. The van der Waals surface area contributed by atoms with E-state index in [2.05, 4.69) is 0 Å². The molecule has 0 radical (unpaired) electrons. The molecular weight excluding hydrogens is 246 g/mol. The number of sulfone groups is 1. The van der Waals surface area contributed by atoms with Crippen LogP contribution >= 0.6 is 11.6 Å². The molecule has 1 aromatic rings. The van der Waals surface area contributed by atoms with Crippen molar-refractivity contribution in [2.75, 3.05) is 18.1 Å². The molecule has 5 heteroatoms. The number of nitrogens with two attached hydrogens (primary N) is 1. The maximum atomic E-state index is 11.6. The zero-order valence-corrected chi connectivity index (χ0v) is 10.3. The molecule has 1 aliphatic rings. The third kappa shape index (κ3) is 2.39. The second-order valence-corrected chi connectivity index (χ2v) is 6.82. The van der Waals surface area contributed by atoms with Crippen LogP contribution in [-0.2, 0) is 9.84 Å². The van der Waals surface area contributed by atoms with Gasteiger partial charge in [0.2, 0.25) is 0 Å². The Kier molecular flexibility index (Phi) is 3.24. The summed E-state index contributed by atoms with van der Waals surface area (Å²) < 4.78 is 23.2. The molecule has 1 aromatic carbocycles. The molecule has 16 heavy (non-hydrogen) atoms. The smallest absolute Gasteiger partial charge is 0.151 e. The summed E-state index contributed by atoms with van der Waals surface area (Å²) >= 11 is 5.90. The van der Waals surface area contributed by atoms with Gasteiger partial charge in [-0.2, -0.15) is 0 Å². The number of hydrogen-bond acceptors (Lipinski definition) is 3. The summed E-state index contributed by atoms with van der Waals surface area (Å²) in [6.45, 7) is 0.399. The summed E-state index contributed by atoms with van der Waals surface area (Å²) in [6, 6.07) is 7.37. The number of benzene rings is 1. The molecule has 1 fully saturated rings. The van der Waals surface area contributed by atoms with Crippen molar-refractivity contribution >= 4 is 21.4 Å². The molecule has 2 N–H and O–H groups in total. The lowest BCUT2D eigenvalue weighted by molar-refractivity contribution is 0.533. The van der Waals surface area contributed by atoms with Gasteiger partial charge < -0.3 is 5.73 Å². The monoisotopic (exact) mass is 259 g/mol. The summed E-state index contributed by atoms with van der Waals surface area (Å²) in [5, 5.41) is 0.637. The first-order valence-corrected chi connectivity index (χ1v) is 7.38. The van der Waals surface area contributed by atoms with Crippen molar-refractivity contribution in [3.63, 3.8) is 0 Å². The van der Waals surface area contributed by atoms with E-state index in [0.29, 0.717) is 11.6 Å². The van der Waals surface area contributed by atoms with Gasteiger partial charge in [0.05, 0.1) is 11.5 Å². The predicted octanol–water partition coefficient (Wildman–Crippen LogP) is 1.43. The van der Waals surface area contributed by atoms with E-state index in [-0.39, 0.29) is 23.3 Å². The van der Waals surface area contributed by atoms with Gasteiger partial charge in [-0.15, -0.1) is 0 Å². The molecule has 2 rings (SSSR count). The number of halogens is 1. The van der Waals surface area contributed by atoms with Gasteiger partial charge in [0.1, 0.15) is 0 Å². The standard InChI is InChI=1S/C11H14ClNO2S/c12-10-3-1-2-8(4-10)11-7-16(14,15)6-9(11)5-13/h1-4,9,11H,5-7,13H2. The predicted molar refractivity (Wildman–Crippen MR) is 65.4 cm³/mol. The largest absolute Gasteiger partial charge is 0.330 e. The molecule has 0 amide bonds. The van der Waals surface area contributed by atoms with E-state index in [1.165, 1.54) is 0 Å². The lowest BCUT2D eigenvalue weighted by Crippen LogP contribution is -2.20. The second kappa shape index (κ2) is 4.35. The van der Waals surface area contributed by atoms with Gasteiger partial charge in [0, 0.05) is 10.9 Å². The van der Waals surface area contributed by atoms with E-state index < -0.39 is 9.84 Å². The molecular formula is C11H14ClNO2S. The summed E-state index contributed by atoms with van der Waals surface area (Å²) in [5.41, 5.74) is 6.60. The first-order valence-electron chi connectivity index (χ1n) is 5.18. The summed E-state index contributed by atoms with van der Waals surface area (Å²) in [6.07, 6.45) is 0. The first-order chi connectivity index (χ1) is 7.52. The fraction of sp³-hybridized carbons (Fsp3) is 0.455. The Bertz CT molecular complexity index is 487. The zero-order chi connectivity index (χ0) is 11.8. The van der Waals surface area contributed by atoms with Gasteiger partial charge >= 0.3 is 0 Å². The Labute approximate surface area is 101 Å². The van der Waals surface area contributed by atoms with Crippen molar-refractivity contribution in [1.82, 2.24) is 0 Å². The maximum Gasteiger partial charge on any atom is 0.151 e. The van der Waals surface area contributed by atoms with Crippen molar-refractivity contribution < 1.29 is 8.42 Å². The highest BCUT2D eigenvalue weighted by Gasteiger charge is 2.37. The first kappa shape index (κ1) is 11.9. The SMILES string of the molecule is NCC1CS(=O)(=O)CC1c1cccc(Cl)c1. The van der Waals surface area contributed by atoms with Crippen molar-refractivity contribution in [1.29, 1.82) is 0 Å². The van der Waals surface area contributed by atoms with Gasteiger partial charge in [0.25, 0.3) is 0 Å². The van der Waals surface area contributed by atoms with E-state index in [4.69, 9.17) is 17.3 Å². The van der Waals surface area contributed by atoms with Crippen LogP contribution in [0.1, 0.15) is 11.5 Å². The molecule has 2 atom stereocenters. The third-order valence-corrected chi connectivity index (χ3v) is 5.09. The lowest BCUT2D eigenvalue weighted by atomic mass is 9.89. The van der Waals surface area contributed by atoms with Crippen molar-refractivity contribution in [3.05, 3.63) is 34.9 Å². The van der Waals surface area contributed by atoms with Crippen molar-refractivity contribution in [3.8, 4) is 0 Å². The minimum Gasteiger partial charge on any atom is -0.330 e. The fourth-order valence-corrected chi connectivity index (χ4v) is 4.63. The van der Waals surface area contributed by atoms with E-state index in [1.807, 2.05) is 18.2 Å². The molecule has 1 saturated heterocycles. The van der Waals surface area contributed by atoms with Crippen LogP contribution in [0.5, 0.6) is 0 Å². The van der Waals surface area contributed by atoms with Crippen LogP contribution in [-0.4, -0.2) is 26.5 Å². The Morgan fingerprint density at radius 2 is 2.12 bits per heavy atom. The molecule has 0 spiro atoms. The molecule has 1 aliphatic heterocycles. The van der Waals surface area contributed by atoms with Crippen molar-refractivity contribution in [2.45, 2.75) is 5.92 Å². The second-order valence-electron chi connectivity index (χ2n) is 4.23. The normalized spacial score (nSPS) is 28.1. The van der Waals surface area contributed by atoms with Crippen LogP contribution in [0, 0.1) is 5.92 Å². The Balaban J connectivity index is 2.33.